The molecular formula is C17H13ClF3N5. The highest BCUT2D eigenvalue weighted by atomic mass is 35.5. The summed E-state index contributed by atoms with van der Waals surface area (Å²) in [6.07, 6.45) is -2.92. The van der Waals surface area contributed by atoms with Crippen LogP contribution in [0, 0.1) is 0 Å². The molecule has 0 saturated carbocycles. The number of benzene rings is 1. The van der Waals surface area contributed by atoms with Crippen molar-refractivity contribution in [2.45, 2.75) is 6.18 Å². The van der Waals surface area contributed by atoms with Crippen molar-refractivity contribution in [2.75, 3.05) is 17.7 Å². The van der Waals surface area contributed by atoms with Gasteiger partial charge in [0.05, 0.1) is 22.0 Å². The second-order valence-corrected chi connectivity index (χ2v) is 5.65. The van der Waals surface area contributed by atoms with Gasteiger partial charge < -0.3 is 10.6 Å². The molecule has 0 fully saturated rings. The Labute approximate surface area is 152 Å². The van der Waals surface area contributed by atoms with Crippen molar-refractivity contribution < 1.29 is 13.2 Å². The maximum absolute atomic E-state index is 13.0. The Bertz CT molecular complexity index is 916. The molecule has 0 spiro atoms. The van der Waals surface area contributed by atoms with Crippen molar-refractivity contribution in [1.82, 2.24) is 15.0 Å². The zero-order chi connectivity index (χ0) is 18.7. The van der Waals surface area contributed by atoms with E-state index in [1.165, 1.54) is 12.1 Å². The number of alkyl halides is 3. The summed E-state index contributed by atoms with van der Waals surface area (Å²) in [6.45, 7) is 0. The third kappa shape index (κ3) is 4.02. The summed E-state index contributed by atoms with van der Waals surface area (Å²) in [4.78, 5) is 12.7. The normalized spacial score (nSPS) is 11.3. The maximum Gasteiger partial charge on any atom is 0.417 e. The smallest absolute Gasteiger partial charge is 0.357 e. The molecule has 0 aliphatic rings. The summed E-state index contributed by atoms with van der Waals surface area (Å²) >= 11 is 5.65. The van der Waals surface area contributed by atoms with Gasteiger partial charge in [0.2, 0.25) is 5.95 Å². The first-order valence-corrected chi connectivity index (χ1v) is 7.86. The molecule has 1 aromatic carbocycles. The van der Waals surface area contributed by atoms with Crippen LogP contribution in [0.15, 0.2) is 48.7 Å². The van der Waals surface area contributed by atoms with Gasteiger partial charge in [-0.25, -0.2) is 4.98 Å². The highest BCUT2D eigenvalue weighted by molar-refractivity contribution is 6.31. The molecule has 0 unspecified atom stereocenters. The lowest BCUT2D eigenvalue weighted by Crippen LogP contribution is -2.07. The predicted octanol–water partition coefficient (Wildman–Crippen LogP) is 5.00. The lowest BCUT2D eigenvalue weighted by Gasteiger charge is -2.13. The molecule has 2 N–H and O–H groups in total. The predicted molar refractivity (Wildman–Crippen MR) is 94.5 cm³/mol. The molecule has 0 atom stereocenters. The number of hydrogen-bond acceptors (Lipinski definition) is 5. The van der Waals surface area contributed by atoms with Crippen molar-refractivity contribution in [3.05, 3.63) is 59.2 Å². The van der Waals surface area contributed by atoms with E-state index < -0.39 is 11.7 Å². The summed E-state index contributed by atoms with van der Waals surface area (Å²) in [5.74, 6) is 0.626. The zero-order valence-electron chi connectivity index (χ0n) is 13.5. The summed E-state index contributed by atoms with van der Waals surface area (Å²) in [6, 6.07) is 10.5. The van der Waals surface area contributed by atoms with E-state index >= 15 is 0 Å². The second kappa shape index (κ2) is 7.17. The van der Waals surface area contributed by atoms with E-state index in [0.29, 0.717) is 23.2 Å². The van der Waals surface area contributed by atoms with E-state index in [9.17, 15) is 13.2 Å². The fourth-order valence-corrected chi connectivity index (χ4v) is 2.46. The molecule has 9 heteroatoms. The number of pyridine rings is 1. The largest absolute Gasteiger partial charge is 0.417 e. The van der Waals surface area contributed by atoms with Gasteiger partial charge in [0.15, 0.2) is 0 Å². The molecule has 3 rings (SSSR count). The van der Waals surface area contributed by atoms with Crippen LogP contribution in [0.1, 0.15) is 5.56 Å². The fourth-order valence-electron chi connectivity index (χ4n) is 2.24. The molecule has 2 heterocycles. The van der Waals surface area contributed by atoms with Gasteiger partial charge in [-0.15, -0.1) is 0 Å². The molecule has 2 aromatic heterocycles. The number of hydrogen-bond donors (Lipinski definition) is 2. The van der Waals surface area contributed by atoms with Gasteiger partial charge in [-0.2, -0.15) is 18.2 Å². The highest BCUT2D eigenvalue weighted by Crippen LogP contribution is 2.36. The van der Waals surface area contributed by atoms with Gasteiger partial charge >= 0.3 is 6.18 Å². The number of anilines is 3. The van der Waals surface area contributed by atoms with Gasteiger partial charge in [-0.1, -0.05) is 17.7 Å². The van der Waals surface area contributed by atoms with Crippen LogP contribution in [-0.4, -0.2) is 22.0 Å². The Hall–Kier alpha value is -2.87. The average Bonchev–Trinajstić information content (AvgIpc) is 2.63. The van der Waals surface area contributed by atoms with Gasteiger partial charge in [0.25, 0.3) is 0 Å². The van der Waals surface area contributed by atoms with Crippen molar-refractivity contribution in [2.24, 2.45) is 0 Å². The van der Waals surface area contributed by atoms with Crippen LogP contribution >= 0.6 is 11.6 Å². The minimum Gasteiger partial charge on any atom is -0.357 e. The van der Waals surface area contributed by atoms with Crippen LogP contribution in [0.25, 0.3) is 11.4 Å². The van der Waals surface area contributed by atoms with Crippen LogP contribution in [-0.2, 0) is 6.18 Å². The Kier molecular flexibility index (Phi) is 4.94. The highest BCUT2D eigenvalue weighted by Gasteiger charge is 2.33. The fraction of sp³-hybridized carbons (Fsp3) is 0.118. The molecule has 134 valence electrons. The first-order chi connectivity index (χ1) is 12.4. The van der Waals surface area contributed by atoms with Gasteiger partial charge in [0.1, 0.15) is 5.82 Å². The topological polar surface area (TPSA) is 62.7 Å². The standard InChI is InChI=1S/C17H13ClF3N5/c1-22-16-25-14(13-4-2-3-7-23-13)9-15(26-16)24-10-5-6-12(18)11(8-10)17(19,20)21/h2-9H,1H3,(H2,22,24,25,26). The lowest BCUT2D eigenvalue weighted by atomic mass is 10.2. The molecule has 0 amide bonds. The molecular weight excluding hydrogens is 367 g/mol. The quantitative estimate of drug-likeness (QED) is 0.668. The number of nitrogens with one attached hydrogen (secondary N) is 2. The van der Waals surface area contributed by atoms with Crippen LogP contribution in [0.4, 0.5) is 30.6 Å². The van der Waals surface area contributed by atoms with Crippen LogP contribution in [0.2, 0.25) is 5.02 Å². The van der Waals surface area contributed by atoms with E-state index in [-0.39, 0.29) is 10.7 Å². The van der Waals surface area contributed by atoms with Gasteiger partial charge in [-0.3, -0.25) is 4.98 Å². The van der Waals surface area contributed by atoms with Gasteiger partial charge in [0, 0.05) is 25.0 Å². The second-order valence-electron chi connectivity index (χ2n) is 5.24. The molecule has 3 aromatic rings. The molecule has 0 aliphatic carbocycles. The summed E-state index contributed by atoms with van der Waals surface area (Å²) in [5, 5.41) is 5.30. The van der Waals surface area contributed by atoms with Crippen molar-refractivity contribution in [3.8, 4) is 11.4 Å². The number of halogens is 4. The molecule has 0 saturated heterocycles. The molecule has 5 nitrogen and oxygen atoms in total. The summed E-state index contributed by atoms with van der Waals surface area (Å²) in [7, 11) is 1.64. The molecule has 0 aliphatic heterocycles. The Morgan fingerprint density at radius 2 is 1.81 bits per heavy atom. The number of aromatic nitrogens is 3. The SMILES string of the molecule is CNc1nc(Nc2ccc(Cl)c(C(F)(F)F)c2)cc(-c2ccccn2)n1. The lowest BCUT2D eigenvalue weighted by molar-refractivity contribution is -0.137. The average molecular weight is 380 g/mol. The third-order valence-electron chi connectivity index (χ3n) is 3.42. The Balaban J connectivity index is 1.98. The first kappa shape index (κ1) is 17.9. The van der Waals surface area contributed by atoms with Crippen LogP contribution in [0.5, 0.6) is 0 Å². The number of rotatable bonds is 4. The first-order valence-electron chi connectivity index (χ1n) is 7.49. The minimum absolute atomic E-state index is 0.203. The summed E-state index contributed by atoms with van der Waals surface area (Å²) in [5.41, 5.74) is 0.422. The Morgan fingerprint density at radius 1 is 1.00 bits per heavy atom. The Morgan fingerprint density at radius 3 is 2.46 bits per heavy atom. The van der Waals surface area contributed by atoms with E-state index in [1.54, 1.807) is 31.4 Å². The minimum atomic E-state index is -4.55. The maximum atomic E-state index is 13.0. The van der Waals surface area contributed by atoms with E-state index in [0.717, 1.165) is 6.07 Å². The van der Waals surface area contributed by atoms with Crippen molar-refractivity contribution in [3.63, 3.8) is 0 Å². The van der Waals surface area contributed by atoms with Gasteiger partial charge in [-0.05, 0) is 30.3 Å². The van der Waals surface area contributed by atoms with E-state index in [2.05, 4.69) is 25.6 Å². The molecule has 0 radical (unpaired) electrons. The summed E-state index contributed by atoms with van der Waals surface area (Å²) < 4.78 is 39.0. The van der Waals surface area contributed by atoms with Crippen LogP contribution in [0.3, 0.4) is 0 Å². The van der Waals surface area contributed by atoms with E-state index in [1.807, 2.05) is 6.07 Å². The molecule has 0 bridgehead atoms. The van der Waals surface area contributed by atoms with E-state index in [4.69, 9.17) is 11.6 Å². The monoisotopic (exact) mass is 379 g/mol. The van der Waals surface area contributed by atoms with Crippen molar-refractivity contribution >= 4 is 29.1 Å². The molecule has 26 heavy (non-hydrogen) atoms. The van der Waals surface area contributed by atoms with Crippen LogP contribution < -0.4 is 10.6 Å². The zero-order valence-corrected chi connectivity index (χ0v) is 14.2. The number of nitrogens with zero attached hydrogens (tertiary/aromatic N) is 3. The third-order valence-corrected chi connectivity index (χ3v) is 3.75. The van der Waals surface area contributed by atoms with Crippen molar-refractivity contribution in [1.29, 1.82) is 0 Å².